The molecule has 0 saturated carbocycles. The van der Waals surface area contributed by atoms with E-state index < -0.39 is 0 Å². The average molecular weight is 365 g/mol. The van der Waals surface area contributed by atoms with Gasteiger partial charge in [-0.15, -0.1) is 0 Å². The molecule has 0 aliphatic rings. The molecule has 0 unspecified atom stereocenters. The number of benzene rings is 2. The van der Waals surface area contributed by atoms with Gasteiger partial charge in [0.1, 0.15) is 6.61 Å². The SMILES string of the molecule is COc1cc(CCC(=O)OCc2ccccc2Cl)cc(OC)c1OC. The zero-order valence-corrected chi connectivity index (χ0v) is 15.3. The zero-order chi connectivity index (χ0) is 18.2. The van der Waals surface area contributed by atoms with Crippen molar-refractivity contribution < 1.29 is 23.7 Å². The third-order valence-corrected chi connectivity index (χ3v) is 4.06. The van der Waals surface area contributed by atoms with Crippen LogP contribution < -0.4 is 14.2 Å². The number of carbonyl (C=O) groups excluding carboxylic acids is 1. The summed E-state index contributed by atoms with van der Waals surface area (Å²) in [5, 5.41) is 0.583. The van der Waals surface area contributed by atoms with E-state index in [9.17, 15) is 4.79 Å². The Bertz CT molecular complexity index is 704. The van der Waals surface area contributed by atoms with Gasteiger partial charge in [-0.1, -0.05) is 29.8 Å². The van der Waals surface area contributed by atoms with Crippen molar-refractivity contribution in [3.63, 3.8) is 0 Å². The lowest BCUT2D eigenvalue weighted by atomic mass is 10.1. The first-order valence-electron chi connectivity index (χ1n) is 7.77. The van der Waals surface area contributed by atoms with Crippen LogP contribution in [0.15, 0.2) is 36.4 Å². The number of halogens is 1. The smallest absolute Gasteiger partial charge is 0.306 e. The Kier molecular flexibility index (Phi) is 6.95. The van der Waals surface area contributed by atoms with Gasteiger partial charge in [0.05, 0.1) is 21.3 Å². The molecule has 0 saturated heterocycles. The molecule has 2 aromatic rings. The Labute approximate surface area is 152 Å². The van der Waals surface area contributed by atoms with E-state index in [1.54, 1.807) is 27.4 Å². The van der Waals surface area contributed by atoms with Gasteiger partial charge in [0.2, 0.25) is 5.75 Å². The molecule has 0 aliphatic heterocycles. The van der Waals surface area contributed by atoms with Crippen LogP contribution in [-0.2, 0) is 22.6 Å². The molecule has 0 radical (unpaired) electrons. The normalized spacial score (nSPS) is 10.2. The number of methoxy groups -OCH3 is 3. The predicted molar refractivity (Wildman–Crippen MR) is 95.7 cm³/mol. The van der Waals surface area contributed by atoms with Gasteiger partial charge in [0.25, 0.3) is 0 Å². The minimum Gasteiger partial charge on any atom is -0.493 e. The Balaban J connectivity index is 1.96. The number of ether oxygens (including phenoxy) is 4. The van der Waals surface area contributed by atoms with Crippen LogP contribution in [0.2, 0.25) is 5.02 Å². The van der Waals surface area contributed by atoms with E-state index in [0.29, 0.717) is 28.7 Å². The number of carbonyl (C=O) groups is 1. The summed E-state index contributed by atoms with van der Waals surface area (Å²) >= 11 is 6.05. The van der Waals surface area contributed by atoms with Gasteiger partial charge in [0, 0.05) is 17.0 Å². The predicted octanol–water partition coefficient (Wildman–Crippen LogP) is 4.04. The highest BCUT2D eigenvalue weighted by atomic mass is 35.5. The summed E-state index contributed by atoms with van der Waals surface area (Å²) in [5.74, 6) is 1.34. The standard InChI is InChI=1S/C19H21ClO5/c1-22-16-10-13(11-17(23-2)19(16)24-3)8-9-18(21)25-12-14-6-4-5-7-15(14)20/h4-7,10-11H,8-9,12H2,1-3H3. The van der Waals surface area contributed by atoms with E-state index in [1.807, 2.05) is 30.3 Å². The molecule has 5 nitrogen and oxygen atoms in total. The summed E-state index contributed by atoms with van der Waals surface area (Å²) in [7, 11) is 4.66. The van der Waals surface area contributed by atoms with Crippen LogP contribution in [-0.4, -0.2) is 27.3 Å². The molecule has 0 fully saturated rings. The van der Waals surface area contributed by atoms with Crippen molar-refractivity contribution in [3.05, 3.63) is 52.5 Å². The molecular formula is C19H21ClO5. The molecule has 0 amide bonds. The van der Waals surface area contributed by atoms with E-state index in [4.69, 9.17) is 30.5 Å². The molecule has 6 heteroatoms. The van der Waals surface area contributed by atoms with Gasteiger partial charge in [-0.2, -0.15) is 0 Å². The number of rotatable bonds is 8. The van der Waals surface area contributed by atoms with Crippen LogP contribution in [0.3, 0.4) is 0 Å². The minimum atomic E-state index is -0.298. The fourth-order valence-electron chi connectivity index (χ4n) is 2.37. The van der Waals surface area contributed by atoms with Crippen LogP contribution in [0.4, 0.5) is 0 Å². The topological polar surface area (TPSA) is 54.0 Å². The van der Waals surface area contributed by atoms with Crippen LogP contribution in [0.5, 0.6) is 17.2 Å². The highest BCUT2D eigenvalue weighted by Gasteiger charge is 2.14. The second-order valence-corrected chi connectivity index (χ2v) is 5.69. The van der Waals surface area contributed by atoms with Gasteiger partial charge in [0.15, 0.2) is 11.5 Å². The summed E-state index contributed by atoms with van der Waals surface area (Å²) in [6.07, 6.45) is 0.737. The summed E-state index contributed by atoms with van der Waals surface area (Å²) < 4.78 is 21.2. The first-order chi connectivity index (χ1) is 12.1. The Morgan fingerprint density at radius 2 is 1.64 bits per heavy atom. The summed E-state index contributed by atoms with van der Waals surface area (Å²) in [6.45, 7) is 0.160. The molecule has 134 valence electrons. The van der Waals surface area contributed by atoms with Gasteiger partial charge >= 0.3 is 5.97 Å². The van der Waals surface area contributed by atoms with Crippen LogP contribution >= 0.6 is 11.6 Å². The second-order valence-electron chi connectivity index (χ2n) is 5.29. The lowest BCUT2D eigenvalue weighted by molar-refractivity contribution is -0.144. The summed E-state index contributed by atoms with van der Waals surface area (Å²) in [5.41, 5.74) is 1.68. The minimum absolute atomic E-state index is 0.160. The lowest BCUT2D eigenvalue weighted by Crippen LogP contribution is -2.06. The van der Waals surface area contributed by atoms with E-state index in [1.165, 1.54) is 0 Å². The van der Waals surface area contributed by atoms with E-state index in [2.05, 4.69) is 0 Å². The van der Waals surface area contributed by atoms with E-state index >= 15 is 0 Å². The monoisotopic (exact) mass is 364 g/mol. The van der Waals surface area contributed by atoms with E-state index in [0.717, 1.165) is 11.1 Å². The number of esters is 1. The second kappa shape index (κ2) is 9.18. The van der Waals surface area contributed by atoms with Crippen molar-refractivity contribution in [2.75, 3.05) is 21.3 Å². The third-order valence-electron chi connectivity index (χ3n) is 3.69. The molecule has 25 heavy (non-hydrogen) atoms. The van der Waals surface area contributed by atoms with Crippen molar-refractivity contribution in [2.24, 2.45) is 0 Å². The molecular weight excluding hydrogens is 344 g/mol. The van der Waals surface area contributed by atoms with E-state index in [-0.39, 0.29) is 19.0 Å². The third kappa shape index (κ3) is 5.03. The number of hydrogen-bond donors (Lipinski definition) is 0. The Hall–Kier alpha value is -2.40. The largest absolute Gasteiger partial charge is 0.493 e. The molecule has 0 heterocycles. The Morgan fingerprint density at radius 1 is 1.00 bits per heavy atom. The molecule has 0 atom stereocenters. The molecule has 0 N–H and O–H groups in total. The maximum atomic E-state index is 12.0. The molecule has 0 aliphatic carbocycles. The fraction of sp³-hybridized carbons (Fsp3) is 0.316. The van der Waals surface area contributed by atoms with Crippen molar-refractivity contribution in [3.8, 4) is 17.2 Å². The molecule has 2 rings (SSSR count). The quantitative estimate of drug-likeness (QED) is 0.661. The molecule has 0 spiro atoms. The lowest BCUT2D eigenvalue weighted by Gasteiger charge is -2.14. The first-order valence-corrected chi connectivity index (χ1v) is 8.14. The maximum Gasteiger partial charge on any atom is 0.306 e. The van der Waals surface area contributed by atoms with Crippen LogP contribution in [0, 0.1) is 0 Å². The molecule has 0 aromatic heterocycles. The highest BCUT2D eigenvalue weighted by Crippen LogP contribution is 2.38. The molecule has 2 aromatic carbocycles. The summed E-state index contributed by atoms with van der Waals surface area (Å²) in [4.78, 5) is 12.0. The number of aryl methyl sites for hydroxylation is 1. The first kappa shape index (κ1) is 18.9. The fourth-order valence-corrected chi connectivity index (χ4v) is 2.56. The zero-order valence-electron chi connectivity index (χ0n) is 14.5. The highest BCUT2D eigenvalue weighted by molar-refractivity contribution is 6.31. The Morgan fingerprint density at radius 3 is 2.20 bits per heavy atom. The summed E-state index contributed by atoms with van der Waals surface area (Å²) in [6, 6.07) is 10.9. The molecule has 0 bridgehead atoms. The van der Waals surface area contributed by atoms with Gasteiger partial charge in [-0.3, -0.25) is 4.79 Å². The number of hydrogen-bond acceptors (Lipinski definition) is 5. The van der Waals surface area contributed by atoms with Crippen molar-refractivity contribution in [1.29, 1.82) is 0 Å². The van der Waals surface area contributed by atoms with Crippen molar-refractivity contribution >= 4 is 17.6 Å². The van der Waals surface area contributed by atoms with Gasteiger partial charge in [-0.25, -0.2) is 0 Å². The van der Waals surface area contributed by atoms with Gasteiger partial charge in [-0.05, 0) is 30.2 Å². The van der Waals surface area contributed by atoms with Crippen molar-refractivity contribution in [1.82, 2.24) is 0 Å². The van der Waals surface area contributed by atoms with Gasteiger partial charge < -0.3 is 18.9 Å². The van der Waals surface area contributed by atoms with Crippen LogP contribution in [0.25, 0.3) is 0 Å². The maximum absolute atomic E-state index is 12.0. The van der Waals surface area contributed by atoms with Crippen LogP contribution in [0.1, 0.15) is 17.5 Å². The van der Waals surface area contributed by atoms with Crippen molar-refractivity contribution in [2.45, 2.75) is 19.4 Å². The average Bonchev–Trinajstić information content (AvgIpc) is 2.64.